The molecule has 0 aromatic rings. The molecule has 0 aromatic heterocycles. The summed E-state index contributed by atoms with van der Waals surface area (Å²) in [5.41, 5.74) is 0. The largest absolute Gasteiger partial charge is 0.357 e. The maximum atomic E-state index is 10.8. The third kappa shape index (κ3) is 9.72. The van der Waals surface area contributed by atoms with Crippen LogP contribution < -0.4 is 15.4 Å². The first-order valence-corrected chi connectivity index (χ1v) is 7.35. The molecule has 96 valence electrons. The van der Waals surface area contributed by atoms with Gasteiger partial charge in [-0.05, 0) is 20.3 Å². The molecule has 0 amide bonds. The van der Waals surface area contributed by atoms with E-state index in [1.807, 2.05) is 13.8 Å². The van der Waals surface area contributed by atoms with Crippen molar-refractivity contribution in [1.82, 2.24) is 15.4 Å². The summed E-state index contributed by atoms with van der Waals surface area (Å²) in [6.07, 6.45) is 1.84. The van der Waals surface area contributed by atoms with Crippen molar-refractivity contribution < 1.29 is 8.42 Å². The second-order valence-electron chi connectivity index (χ2n) is 3.31. The molecule has 0 unspecified atom stereocenters. The molecule has 16 heavy (non-hydrogen) atoms. The molecule has 7 heteroatoms. The summed E-state index contributed by atoms with van der Waals surface area (Å²) in [5.74, 6) is 0.768. The van der Waals surface area contributed by atoms with Crippen LogP contribution in [0.15, 0.2) is 4.99 Å². The van der Waals surface area contributed by atoms with Crippen molar-refractivity contribution in [3.63, 3.8) is 0 Å². The van der Waals surface area contributed by atoms with Crippen LogP contribution in [0, 0.1) is 0 Å². The Morgan fingerprint density at radius 2 is 1.75 bits per heavy atom. The van der Waals surface area contributed by atoms with Crippen molar-refractivity contribution in [3.8, 4) is 0 Å². The molecule has 0 bridgehead atoms. The second-order valence-corrected chi connectivity index (χ2v) is 5.14. The Kier molecular flexibility index (Phi) is 7.92. The van der Waals surface area contributed by atoms with Gasteiger partial charge in [0.05, 0.1) is 6.26 Å². The first-order chi connectivity index (χ1) is 7.49. The molecule has 3 N–H and O–H groups in total. The standard InChI is InChI=1S/C9H22N4O2S/c1-4-10-9(11-5-2)12-7-6-8-13-16(3,14)15/h13H,4-8H2,1-3H3,(H2,10,11,12). The number of sulfonamides is 1. The second kappa shape index (κ2) is 8.35. The van der Waals surface area contributed by atoms with Crippen LogP contribution in [0.5, 0.6) is 0 Å². The first-order valence-electron chi connectivity index (χ1n) is 5.46. The summed E-state index contributed by atoms with van der Waals surface area (Å²) in [5, 5.41) is 6.18. The highest BCUT2D eigenvalue weighted by molar-refractivity contribution is 7.88. The van der Waals surface area contributed by atoms with E-state index in [0.717, 1.165) is 25.3 Å². The van der Waals surface area contributed by atoms with Gasteiger partial charge in [0, 0.05) is 26.2 Å². The smallest absolute Gasteiger partial charge is 0.208 e. The molecule has 0 fully saturated rings. The molecular formula is C9H22N4O2S. The van der Waals surface area contributed by atoms with Crippen molar-refractivity contribution in [3.05, 3.63) is 0 Å². The Balaban J connectivity index is 3.78. The molecule has 0 spiro atoms. The first kappa shape index (κ1) is 15.2. The molecule has 0 aliphatic heterocycles. The van der Waals surface area contributed by atoms with E-state index >= 15 is 0 Å². The van der Waals surface area contributed by atoms with Gasteiger partial charge in [0.2, 0.25) is 10.0 Å². The minimum atomic E-state index is -3.07. The summed E-state index contributed by atoms with van der Waals surface area (Å²) in [6, 6.07) is 0. The van der Waals surface area contributed by atoms with Crippen molar-refractivity contribution in [1.29, 1.82) is 0 Å². The molecule has 0 aromatic carbocycles. The molecule has 6 nitrogen and oxygen atoms in total. The van der Waals surface area contributed by atoms with Crippen LogP contribution in [-0.2, 0) is 10.0 Å². The average molecular weight is 250 g/mol. The van der Waals surface area contributed by atoms with E-state index in [4.69, 9.17) is 0 Å². The van der Waals surface area contributed by atoms with Gasteiger partial charge in [-0.3, -0.25) is 4.99 Å². The number of nitrogens with one attached hydrogen (secondary N) is 3. The Morgan fingerprint density at radius 3 is 2.19 bits per heavy atom. The number of nitrogens with zero attached hydrogens (tertiary/aromatic N) is 1. The molecule has 0 saturated carbocycles. The van der Waals surface area contributed by atoms with Crippen molar-refractivity contribution in [2.24, 2.45) is 4.99 Å². The minimum Gasteiger partial charge on any atom is -0.357 e. The van der Waals surface area contributed by atoms with E-state index in [-0.39, 0.29) is 0 Å². The molecule has 0 heterocycles. The van der Waals surface area contributed by atoms with Gasteiger partial charge in [-0.15, -0.1) is 0 Å². The lowest BCUT2D eigenvalue weighted by atomic mass is 10.4. The van der Waals surface area contributed by atoms with Gasteiger partial charge in [0.15, 0.2) is 5.96 Å². The highest BCUT2D eigenvalue weighted by Gasteiger charge is 1.98. The number of rotatable bonds is 7. The molecular weight excluding hydrogens is 228 g/mol. The van der Waals surface area contributed by atoms with Gasteiger partial charge in [0.1, 0.15) is 0 Å². The highest BCUT2D eigenvalue weighted by atomic mass is 32.2. The third-order valence-electron chi connectivity index (χ3n) is 1.66. The third-order valence-corrected chi connectivity index (χ3v) is 2.39. The molecule has 0 saturated heterocycles. The lowest BCUT2D eigenvalue weighted by Crippen LogP contribution is -2.37. The van der Waals surface area contributed by atoms with Crippen LogP contribution in [0.4, 0.5) is 0 Å². The summed E-state index contributed by atoms with van der Waals surface area (Å²) < 4.78 is 23.9. The summed E-state index contributed by atoms with van der Waals surface area (Å²) in [7, 11) is -3.07. The van der Waals surface area contributed by atoms with Gasteiger partial charge in [-0.2, -0.15) is 0 Å². The summed E-state index contributed by atoms with van der Waals surface area (Å²) in [4.78, 5) is 4.28. The van der Waals surface area contributed by atoms with E-state index in [9.17, 15) is 8.42 Å². The van der Waals surface area contributed by atoms with Crippen molar-refractivity contribution in [2.75, 3.05) is 32.4 Å². The molecule has 0 rings (SSSR count). The van der Waals surface area contributed by atoms with Gasteiger partial charge in [0.25, 0.3) is 0 Å². The number of aliphatic imine (C=N–C) groups is 1. The van der Waals surface area contributed by atoms with E-state index in [0.29, 0.717) is 19.5 Å². The quantitative estimate of drug-likeness (QED) is 0.323. The van der Waals surface area contributed by atoms with Crippen LogP contribution in [-0.4, -0.2) is 46.8 Å². The maximum Gasteiger partial charge on any atom is 0.208 e. The fourth-order valence-electron chi connectivity index (χ4n) is 1.04. The fourth-order valence-corrected chi connectivity index (χ4v) is 1.55. The lowest BCUT2D eigenvalue weighted by molar-refractivity contribution is 0.585. The monoisotopic (exact) mass is 250 g/mol. The predicted molar refractivity (Wildman–Crippen MR) is 67.1 cm³/mol. The fraction of sp³-hybridized carbons (Fsp3) is 0.889. The van der Waals surface area contributed by atoms with Crippen molar-refractivity contribution >= 4 is 16.0 Å². The predicted octanol–water partition coefficient (Wildman–Crippen LogP) is -0.499. The molecule has 0 aliphatic carbocycles. The van der Waals surface area contributed by atoms with E-state index in [2.05, 4.69) is 20.3 Å². The summed E-state index contributed by atoms with van der Waals surface area (Å²) >= 11 is 0. The zero-order chi connectivity index (χ0) is 12.4. The van der Waals surface area contributed by atoms with E-state index < -0.39 is 10.0 Å². The molecule has 0 atom stereocenters. The molecule has 0 radical (unpaired) electrons. The van der Waals surface area contributed by atoms with Crippen LogP contribution in [0.2, 0.25) is 0 Å². The van der Waals surface area contributed by atoms with Crippen LogP contribution in [0.25, 0.3) is 0 Å². The average Bonchev–Trinajstić information content (AvgIpc) is 2.16. The zero-order valence-electron chi connectivity index (χ0n) is 10.2. The van der Waals surface area contributed by atoms with Gasteiger partial charge < -0.3 is 10.6 Å². The van der Waals surface area contributed by atoms with Crippen LogP contribution >= 0.6 is 0 Å². The minimum absolute atomic E-state index is 0.424. The number of hydrogen-bond donors (Lipinski definition) is 3. The number of hydrogen-bond acceptors (Lipinski definition) is 3. The Labute approximate surface area is 98.0 Å². The SMILES string of the molecule is CCNC(=NCCCNS(C)(=O)=O)NCC. The van der Waals surface area contributed by atoms with E-state index in [1.54, 1.807) is 0 Å². The van der Waals surface area contributed by atoms with Crippen LogP contribution in [0.3, 0.4) is 0 Å². The van der Waals surface area contributed by atoms with Crippen molar-refractivity contribution in [2.45, 2.75) is 20.3 Å². The Bertz CT molecular complexity index is 293. The van der Waals surface area contributed by atoms with Gasteiger partial charge >= 0.3 is 0 Å². The topological polar surface area (TPSA) is 82.6 Å². The highest BCUT2D eigenvalue weighted by Crippen LogP contribution is 1.82. The van der Waals surface area contributed by atoms with Gasteiger partial charge in [-0.25, -0.2) is 13.1 Å². The van der Waals surface area contributed by atoms with E-state index in [1.165, 1.54) is 0 Å². The Morgan fingerprint density at radius 1 is 1.19 bits per heavy atom. The molecule has 0 aliphatic rings. The zero-order valence-corrected chi connectivity index (χ0v) is 11.0. The Hall–Kier alpha value is -0.820. The summed E-state index contributed by atoms with van der Waals surface area (Å²) in [6.45, 7) is 6.64. The maximum absolute atomic E-state index is 10.8. The lowest BCUT2D eigenvalue weighted by Gasteiger charge is -2.08. The normalized spacial score (nSPS) is 10.9. The van der Waals surface area contributed by atoms with Gasteiger partial charge in [-0.1, -0.05) is 0 Å². The number of guanidine groups is 1. The van der Waals surface area contributed by atoms with Crippen LogP contribution in [0.1, 0.15) is 20.3 Å².